The number of carbonyl (C=O) groups excluding carboxylic acids is 2. The summed E-state index contributed by atoms with van der Waals surface area (Å²) < 4.78 is 15.7. The predicted molar refractivity (Wildman–Crippen MR) is 103 cm³/mol. The minimum absolute atomic E-state index is 0.0813. The molecule has 3 rings (SSSR count). The predicted octanol–water partition coefficient (Wildman–Crippen LogP) is 3.37. The number of rotatable bonds is 8. The molecule has 1 N–H and O–H groups in total. The second-order valence-corrected chi connectivity index (χ2v) is 6.15. The molecule has 3 aromatic rings. The van der Waals surface area contributed by atoms with Gasteiger partial charge in [-0.15, -0.1) is 0 Å². The Balaban J connectivity index is 1.69. The molecule has 1 atom stereocenters. The molecule has 0 saturated heterocycles. The Hall–Kier alpha value is -3.54. The third kappa shape index (κ3) is 5.23. The summed E-state index contributed by atoms with van der Waals surface area (Å²) in [7, 11) is 1.57. The number of carbonyl (C=O) groups is 2. The highest BCUT2D eigenvalue weighted by Gasteiger charge is 2.24. The SMILES string of the molecule is COc1cccc(COC(=O)[C@@H](Cc2ccccc2)NC(=O)c2ccco2)c1. The molecular weight excluding hydrogens is 358 g/mol. The number of ether oxygens (including phenoxy) is 2. The van der Waals surface area contributed by atoms with Crippen LogP contribution in [0.3, 0.4) is 0 Å². The molecule has 144 valence electrons. The van der Waals surface area contributed by atoms with Gasteiger partial charge >= 0.3 is 5.97 Å². The van der Waals surface area contributed by atoms with E-state index in [0.29, 0.717) is 12.2 Å². The standard InChI is InChI=1S/C22H21NO5/c1-26-18-10-5-9-17(13-18)15-28-22(25)19(14-16-7-3-2-4-8-16)23-21(24)20-11-6-12-27-20/h2-13,19H,14-15H2,1H3,(H,23,24)/t19-/m1/s1. The lowest BCUT2D eigenvalue weighted by atomic mass is 10.1. The fraction of sp³-hybridized carbons (Fsp3) is 0.182. The average Bonchev–Trinajstić information content (AvgIpc) is 3.27. The van der Waals surface area contributed by atoms with Crippen LogP contribution in [0.1, 0.15) is 21.7 Å². The third-order valence-electron chi connectivity index (χ3n) is 4.13. The lowest BCUT2D eigenvalue weighted by Crippen LogP contribution is -2.43. The van der Waals surface area contributed by atoms with Crippen LogP contribution >= 0.6 is 0 Å². The highest BCUT2D eigenvalue weighted by Crippen LogP contribution is 2.14. The van der Waals surface area contributed by atoms with Crippen molar-refractivity contribution in [3.63, 3.8) is 0 Å². The van der Waals surface area contributed by atoms with Gasteiger partial charge in [0.2, 0.25) is 0 Å². The molecule has 6 nitrogen and oxygen atoms in total. The van der Waals surface area contributed by atoms with Crippen molar-refractivity contribution in [2.24, 2.45) is 0 Å². The van der Waals surface area contributed by atoms with E-state index >= 15 is 0 Å². The number of amides is 1. The first-order valence-corrected chi connectivity index (χ1v) is 8.83. The molecule has 0 unspecified atom stereocenters. The zero-order valence-corrected chi connectivity index (χ0v) is 15.5. The molecule has 0 fully saturated rings. The number of benzene rings is 2. The molecule has 0 bridgehead atoms. The number of methoxy groups -OCH3 is 1. The van der Waals surface area contributed by atoms with Gasteiger partial charge in [0, 0.05) is 6.42 Å². The van der Waals surface area contributed by atoms with Crippen LogP contribution in [0.15, 0.2) is 77.4 Å². The van der Waals surface area contributed by atoms with Crippen LogP contribution in [0.5, 0.6) is 5.75 Å². The van der Waals surface area contributed by atoms with E-state index in [1.54, 1.807) is 19.2 Å². The Labute approximate surface area is 163 Å². The molecule has 2 aromatic carbocycles. The van der Waals surface area contributed by atoms with Crippen molar-refractivity contribution in [2.75, 3.05) is 7.11 Å². The fourth-order valence-electron chi connectivity index (χ4n) is 2.70. The number of furan rings is 1. The summed E-state index contributed by atoms with van der Waals surface area (Å²) >= 11 is 0. The van der Waals surface area contributed by atoms with Gasteiger partial charge in [0.25, 0.3) is 5.91 Å². The van der Waals surface area contributed by atoms with Crippen molar-refractivity contribution < 1.29 is 23.5 Å². The first kappa shape index (κ1) is 19.2. The van der Waals surface area contributed by atoms with Crippen molar-refractivity contribution in [2.45, 2.75) is 19.1 Å². The zero-order chi connectivity index (χ0) is 19.8. The topological polar surface area (TPSA) is 77.8 Å². The lowest BCUT2D eigenvalue weighted by Gasteiger charge is -2.17. The van der Waals surface area contributed by atoms with Gasteiger partial charge in [-0.2, -0.15) is 0 Å². The van der Waals surface area contributed by atoms with Gasteiger partial charge in [-0.3, -0.25) is 4.79 Å². The fourth-order valence-corrected chi connectivity index (χ4v) is 2.70. The highest BCUT2D eigenvalue weighted by atomic mass is 16.5. The van der Waals surface area contributed by atoms with E-state index in [0.717, 1.165) is 11.1 Å². The van der Waals surface area contributed by atoms with E-state index in [2.05, 4.69) is 5.32 Å². The van der Waals surface area contributed by atoms with E-state index in [1.165, 1.54) is 12.3 Å². The van der Waals surface area contributed by atoms with E-state index in [9.17, 15) is 9.59 Å². The first-order valence-electron chi connectivity index (χ1n) is 8.83. The highest BCUT2D eigenvalue weighted by molar-refractivity contribution is 5.94. The molecule has 1 aromatic heterocycles. The van der Waals surface area contributed by atoms with Crippen LogP contribution in [0.2, 0.25) is 0 Å². The van der Waals surface area contributed by atoms with Crippen LogP contribution in [0, 0.1) is 0 Å². The molecule has 0 radical (unpaired) electrons. The Kier molecular flexibility index (Phi) is 6.46. The summed E-state index contributed by atoms with van der Waals surface area (Å²) in [6.45, 7) is 0.0813. The molecule has 0 aliphatic carbocycles. The van der Waals surface area contributed by atoms with Gasteiger partial charge < -0.3 is 19.2 Å². The minimum atomic E-state index is -0.842. The molecule has 1 amide bonds. The second kappa shape index (κ2) is 9.41. The van der Waals surface area contributed by atoms with Gasteiger partial charge in [-0.05, 0) is 35.4 Å². The summed E-state index contributed by atoms with van der Waals surface area (Å²) in [4.78, 5) is 25.0. The summed E-state index contributed by atoms with van der Waals surface area (Å²) in [5.41, 5.74) is 1.70. The summed E-state index contributed by atoms with van der Waals surface area (Å²) in [5.74, 6) is -0.171. The molecule has 0 aliphatic heterocycles. The van der Waals surface area contributed by atoms with Gasteiger partial charge in [-0.1, -0.05) is 42.5 Å². The summed E-state index contributed by atoms with van der Waals surface area (Å²) in [6.07, 6.45) is 1.71. The van der Waals surface area contributed by atoms with Crippen molar-refractivity contribution in [1.29, 1.82) is 0 Å². The number of nitrogens with one attached hydrogen (secondary N) is 1. The van der Waals surface area contributed by atoms with Crippen LogP contribution in [-0.2, 0) is 22.6 Å². The largest absolute Gasteiger partial charge is 0.497 e. The van der Waals surface area contributed by atoms with Crippen LogP contribution in [0.25, 0.3) is 0 Å². The first-order chi connectivity index (χ1) is 13.7. The van der Waals surface area contributed by atoms with Gasteiger partial charge in [0.15, 0.2) is 5.76 Å². The van der Waals surface area contributed by atoms with Gasteiger partial charge in [-0.25, -0.2) is 4.79 Å². The molecule has 0 aliphatic rings. The maximum absolute atomic E-state index is 12.7. The quantitative estimate of drug-likeness (QED) is 0.607. The Bertz CT molecular complexity index is 906. The molecular formula is C22H21NO5. The number of hydrogen-bond acceptors (Lipinski definition) is 5. The van der Waals surface area contributed by atoms with E-state index in [4.69, 9.17) is 13.9 Å². The molecule has 1 heterocycles. The third-order valence-corrected chi connectivity index (χ3v) is 4.13. The average molecular weight is 379 g/mol. The molecule has 6 heteroatoms. The number of esters is 1. The second-order valence-electron chi connectivity index (χ2n) is 6.15. The Morgan fingerprint density at radius 1 is 1.00 bits per heavy atom. The summed E-state index contributed by atoms with van der Waals surface area (Å²) in [6, 6.07) is 19.0. The van der Waals surface area contributed by atoms with Crippen molar-refractivity contribution in [1.82, 2.24) is 5.32 Å². The maximum Gasteiger partial charge on any atom is 0.329 e. The van der Waals surface area contributed by atoms with Crippen molar-refractivity contribution in [3.05, 3.63) is 89.9 Å². The number of hydrogen-bond donors (Lipinski definition) is 1. The van der Waals surface area contributed by atoms with Gasteiger partial charge in [0.05, 0.1) is 13.4 Å². The molecule has 0 spiro atoms. The zero-order valence-electron chi connectivity index (χ0n) is 15.5. The molecule has 0 saturated carbocycles. The normalized spacial score (nSPS) is 11.5. The maximum atomic E-state index is 12.7. The smallest absolute Gasteiger partial charge is 0.329 e. The summed E-state index contributed by atoms with van der Waals surface area (Å²) in [5, 5.41) is 2.69. The lowest BCUT2D eigenvalue weighted by molar-refractivity contribution is -0.147. The van der Waals surface area contributed by atoms with Gasteiger partial charge in [0.1, 0.15) is 18.4 Å². The Morgan fingerprint density at radius 2 is 1.79 bits per heavy atom. The Morgan fingerprint density at radius 3 is 2.50 bits per heavy atom. The van der Waals surface area contributed by atoms with Crippen molar-refractivity contribution >= 4 is 11.9 Å². The van der Waals surface area contributed by atoms with Crippen LogP contribution in [0.4, 0.5) is 0 Å². The van der Waals surface area contributed by atoms with Crippen LogP contribution in [-0.4, -0.2) is 25.0 Å². The van der Waals surface area contributed by atoms with E-state index < -0.39 is 17.9 Å². The minimum Gasteiger partial charge on any atom is -0.497 e. The van der Waals surface area contributed by atoms with E-state index in [-0.39, 0.29) is 12.4 Å². The van der Waals surface area contributed by atoms with Crippen molar-refractivity contribution in [3.8, 4) is 5.75 Å². The van der Waals surface area contributed by atoms with Crippen LogP contribution < -0.4 is 10.1 Å². The monoisotopic (exact) mass is 379 g/mol. The molecule has 28 heavy (non-hydrogen) atoms. The van der Waals surface area contributed by atoms with E-state index in [1.807, 2.05) is 48.5 Å².